The van der Waals surface area contributed by atoms with E-state index in [9.17, 15) is 8.42 Å². The van der Waals surface area contributed by atoms with Crippen LogP contribution in [-0.4, -0.2) is 20.5 Å². The molecule has 0 amide bonds. The molecule has 4 nitrogen and oxygen atoms in total. The van der Waals surface area contributed by atoms with E-state index in [1.807, 2.05) is 45.0 Å². The number of benzene rings is 1. The maximum Gasteiger partial charge on any atom is 0.216 e. The standard InChI is InChI=1S/C16H28N2O2S/c1-12(2)14(5)18-21(19,20)11-16-8-6-15(7-9-16)10-17-13(3)4/h6-9,12-14,17-18H,10-11H2,1-5H3. The predicted molar refractivity (Wildman–Crippen MR) is 88.5 cm³/mol. The Labute approximate surface area is 129 Å². The Bertz CT molecular complexity index is 522. The van der Waals surface area contributed by atoms with Gasteiger partial charge in [0.15, 0.2) is 0 Å². The second-order valence-corrected chi connectivity index (χ2v) is 8.02. The van der Waals surface area contributed by atoms with Gasteiger partial charge in [-0.15, -0.1) is 0 Å². The minimum absolute atomic E-state index is 0.0297. The fraction of sp³-hybridized carbons (Fsp3) is 0.625. The van der Waals surface area contributed by atoms with Gasteiger partial charge in [0, 0.05) is 18.6 Å². The van der Waals surface area contributed by atoms with Crippen LogP contribution in [0.5, 0.6) is 0 Å². The van der Waals surface area contributed by atoms with Gasteiger partial charge >= 0.3 is 0 Å². The molecule has 0 aliphatic rings. The number of sulfonamides is 1. The molecule has 0 fully saturated rings. The van der Waals surface area contributed by atoms with E-state index in [2.05, 4.69) is 23.9 Å². The average Bonchev–Trinajstić information content (AvgIpc) is 2.36. The zero-order valence-corrected chi connectivity index (χ0v) is 14.5. The number of rotatable bonds is 8. The first-order valence-electron chi connectivity index (χ1n) is 7.51. The van der Waals surface area contributed by atoms with Crippen molar-refractivity contribution in [1.29, 1.82) is 0 Å². The third-order valence-electron chi connectivity index (χ3n) is 3.46. The van der Waals surface area contributed by atoms with Gasteiger partial charge in [0.25, 0.3) is 0 Å². The molecule has 0 heterocycles. The summed E-state index contributed by atoms with van der Waals surface area (Å²) in [7, 11) is -3.28. The van der Waals surface area contributed by atoms with E-state index in [0.29, 0.717) is 6.04 Å². The van der Waals surface area contributed by atoms with Gasteiger partial charge in [-0.25, -0.2) is 13.1 Å². The number of hydrogen-bond donors (Lipinski definition) is 2. The van der Waals surface area contributed by atoms with Crippen molar-refractivity contribution in [3.63, 3.8) is 0 Å². The van der Waals surface area contributed by atoms with Gasteiger partial charge in [0.2, 0.25) is 10.0 Å². The fourth-order valence-corrected chi connectivity index (χ4v) is 3.31. The summed E-state index contributed by atoms with van der Waals surface area (Å²) >= 11 is 0. The van der Waals surface area contributed by atoms with E-state index < -0.39 is 10.0 Å². The zero-order chi connectivity index (χ0) is 16.0. The second kappa shape index (κ2) is 7.92. The molecule has 1 aromatic rings. The van der Waals surface area contributed by atoms with Crippen molar-refractivity contribution in [1.82, 2.24) is 10.0 Å². The van der Waals surface area contributed by atoms with Gasteiger partial charge in [-0.1, -0.05) is 52.0 Å². The van der Waals surface area contributed by atoms with Gasteiger partial charge in [-0.3, -0.25) is 0 Å². The minimum atomic E-state index is -3.28. The molecule has 1 atom stereocenters. The van der Waals surface area contributed by atoms with Crippen molar-refractivity contribution in [2.24, 2.45) is 5.92 Å². The zero-order valence-electron chi connectivity index (χ0n) is 13.7. The highest BCUT2D eigenvalue weighted by molar-refractivity contribution is 7.88. The topological polar surface area (TPSA) is 58.2 Å². The molecular formula is C16H28N2O2S. The molecule has 21 heavy (non-hydrogen) atoms. The van der Waals surface area contributed by atoms with Crippen molar-refractivity contribution < 1.29 is 8.42 Å². The van der Waals surface area contributed by atoms with Crippen LogP contribution in [0, 0.1) is 5.92 Å². The van der Waals surface area contributed by atoms with Gasteiger partial charge in [-0.2, -0.15) is 0 Å². The smallest absolute Gasteiger partial charge is 0.216 e. The first-order valence-corrected chi connectivity index (χ1v) is 9.16. The molecule has 0 aliphatic heterocycles. The van der Waals surface area contributed by atoms with E-state index in [-0.39, 0.29) is 17.7 Å². The third-order valence-corrected chi connectivity index (χ3v) is 4.90. The maximum absolute atomic E-state index is 12.1. The summed E-state index contributed by atoms with van der Waals surface area (Å²) in [5, 5.41) is 3.34. The molecule has 1 aromatic carbocycles. The van der Waals surface area contributed by atoms with E-state index in [1.54, 1.807) is 0 Å². The summed E-state index contributed by atoms with van der Waals surface area (Å²) in [4.78, 5) is 0. The Morgan fingerprint density at radius 1 is 0.952 bits per heavy atom. The molecule has 0 aliphatic carbocycles. The quantitative estimate of drug-likeness (QED) is 0.776. The average molecular weight is 312 g/mol. The molecule has 120 valence electrons. The molecule has 0 radical (unpaired) electrons. The minimum Gasteiger partial charge on any atom is -0.310 e. The second-order valence-electron chi connectivity index (χ2n) is 6.26. The molecule has 0 saturated heterocycles. The molecule has 2 N–H and O–H groups in total. The highest BCUT2D eigenvalue weighted by Crippen LogP contribution is 2.10. The summed E-state index contributed by atoms with van der Waals surface area (Å²) in [6.07, 6.45) is 0. The van der Waals surface area contributed by atoms with Crippen LogP contribution in [-0.2, 0) is 22.3 Å². The SMILES string of the molecule is CC(C)NCc1ccc(CS(=O)(=O)NC(C)C(C)C)cc1. The Morgan fingerprint density at radius 2 is 1.48 bits per heavy atom. The summed E-state index contributed by atoms with van der Waals surface area (Å²) < 4.78 is 26.9. The van der Waals surface area contributed by atoms with Gasteiger partial charge in [-0.05, 0) is 24.0 Å². The lowest BCUT2D eigenvalue weighted by Gasteiger charge is -2.17. The Hall–Kier alpha value is -0.910. The van der Waals surface area contributed by atoms with Crippen molar-refractivity contribution in [3.05, 3.63) is 35.4 Å². The molecule has 1 unspecified atom stereocenters. The summed E-state index contributed by atoms with van der Waals surface area (Å²) in [6.45, 7) is 10.9. The van der Waals surface area contributed by atoms with Crippen LogP contribution >= 0.6 is 0 Å². The maximum atomic E-state index is 12.1. The first-order chi connectivity index (χ1) is 9.69. The Kier molecular flexibility index (Phi) is 6.84. The Balaban J connectivity index is 2.62. The van der Waals surface area contributed by atoms with E-state index in [4.69, 9.17) is 0 Å². The highest BCUT2D eigenvalue weighted by Gasteiger charge is 2.17. The predicted octanol–water partition coefficient (Wildman–Crippen LogP) is 2.65. The van der Waals surface area contributed by atoms with Crippen molar-refractivity contribution in [2.45, 2.75) is 59.0 Å². The number of hydrogen-bond acceptors (Lipinski definition) is 3. The number of nitrogens with one attached hydrogen (secondary N) is 2. The van der Waals surface area contributed by atoms with Crippen molar-refractivity contribution >= 4 is 10.0 Å². The first kappa shape index (κ1) is 18.1. The van der Waals surface area contributed by atoms with Crippen LogP contribution in [0.2, 0.25) is 0 Å². The van der Waals surface area contributed by atoms with Crippen molar-refractivity contribution in [3.8, 4) is 0 Å². The third kappa shape index (κ3) is 7.07. The van der Waals surface area contributed by atoms with Crippen LogP contribution in [0.15, 0.2) is 24.3 Å². The summed E-state index contributed by atoms with van der Waals surface area (Å²) in [5.74, 6) is 0.311. The normalized spacial score (nSPS) is 13.9. The van der Waals surface area contributed by atoms with E-state index in [1.165, 1.54) is 0 Å². The molecule has 0 aromatic heterocycles. The monoisotopic (exact) mass is 312 g/mol. The Morgan fingerprint density at radius 3 is 1.95 bits per heavy atom. The molecule has 0 bridgehead atoms. The lowest BCUT2D eigenvalue weighted by molar-refractivity contribution is 0.476. The molecule has 0 saturated carbocycles. The molecule has 0 spiro atoms. The van der Waals surface area contributed by atoms with Gasteiger partial charge in [0.1, 0.15) is 0 Å². The van der Waals surface area contributed by atoms with E-state index in [0.717, 1.165) is 17.7 Å². The van der Waals surface area contributed by atoms with Crippen LogP contribution in [0.4, 0.5) is 0 Å². The van der Waals surface area contributed by atoms with Crippen LogP contribution in [0.25, 0.3) is 0 Å². The largest absolute Gasteiger partial charge is 0.310 e. The van der Waals surface area contributed by atoms with Crippen LogP contribution < -0.4 is 10.0 Å². The summed E-state index contributed by atoms with van der Waals surface area (Å²) in [6, 6.07) is 8.11. The van der Waals surface area contributed by atoms with Crippen LogP contribution in [0.3, 0.4) is 0 Å². The summed E-state index contributed by atoms with van der Waals surface area (Å²) in [5.41, 5.74) is 1.97. The molecule has 5 heteroatoms. The van der Waals surface area contributed by atoms with Gasteiger partial charge < -0.3 is 5.32 Å². The molecule has 1 rings (SSSR count). The highest BCUT2D eigenvalue weighted by atomic mass is 32.2. The van der Waals surface area contributed by atoms with E-state index >= 15 is 0 Å². The lowest BCUT2D eigenvalue weighted by atomic mass is 10.1. The molecular weight excluding hydrogens is 284 g/mol. The van der Waals surface area contributed by atoms with Gasteiger partial charge in [0.05, 0.1) is 5.75 Å². The fourth-order valence-electron chi connectivity index (χ4n) is 1.76. The van der Waals surface area contributed by atoms with Crippen molar-refractivity contribution in [2.75, 3.05) is 0 Å². The van der Waals surface area contributed by atoms with Crippen LogP contribution in [0.1, 0.15) is 45.7 Å². The lowest BCUT2D eigenvalue weighted by Crippen LogP contribution is -2.36.